The van der Waals surface area contributed by atoms with E-state index >= 15 is 0 Å². The molecule has 5 nitrogen and oxygen atoms in total. The largest absolute Gasteiger partial charge is 0.345 e. The van der Waals surface area contributed by atoms with Crippen LogP contribution in [0.3, 0.4) is 0 Å². The first-order valence-corrected chi connectivity index (χ1v) is 9.80. The highest BCUT2D eigenvalue weighted by atomic mass is 32.2. The van der Waals surface area contributed by atoms with Gasteiger partial charge in [-0.05, 0) is 17.7 Å². The number of carbonyl (C=O) groups is 1. The van der Waals surface area contributed by atoms with Crippen molar-refractivity contribution in [3.63, 3.8) is 0 Å². The third-order valence-corrected chi connectivity index (χ3v) is 5.69. The molecule has 2 N–H and O–H groups in total. The number of sulfonamides is 1. The number of aromatic nitrogens is 1. The summed E-state index contributed by atoms with van der Waals surface area (Å²) in [6.45, 7) is 0. The molecule has 0 saturated heterocycles. The van der Waals surface area contributed by atoms with Crippen LogP contribution in [0.25, 0.3) is 0 Å². The first-order chi connectivity index (χ1) is 12.4. The zero-order valence-electron chi connectivity index (χ0n) is 14.4. The molecule has 6 heteroatoms. The first kappa shape index (κ1) is 18.1. The molecule has 1 heterocycles. The van der Waals surface area contributed by atoms with Crippen LogP contribution in [0.2, 0.25) is 0 Å². The maximum Gasteiger partial charge on any atom is 0.216 e. The Balaban J connectivity index is 1.93. The molecule has 3 aromatic rings. The van der Waals surface area contributed by atoms with Gasteiger partial charge in [0.15, 0.2) is 0 Å². The maximum atomic E-state index is 12.7. The number of nitrogens with two attached hydrogens (primary N) is 1. The normalized spacial score (nSPS) is 12.7. The number of ketones is 1. The van der Waals surface area contributed by atoms with Crippen LogP contribution in [0.5, 0.6) is 0 Å². The van der Waals surface area contributed by atoms with Crippen LogP contribution >= 0.6 is 0 Å². The zero-order chi connectivity index (χ0) is 18.7. The van der Waals surface area contributed by atoms with E-state index in [1.54, 1.807) is 60.1 Å². The average Bonchev–Trinajstić information content (AvgIpc) is 3.00. The van der Waals surface area contributed by atoms with Gasteiger partial charge in [-0.25, -0.2) is 13.6 Å². The number of nitrogens with zero attached hydrogens (tertiary/aromatic N) is 1. The Morgan fingerprint density at radius 2 is 1.54 bits per heavy atom. The van der Waals surface area contributed by atoms with Gasteiger partial charge in [-0.15, -0.1) is 0 Å². The Kier molecular flexibility index (Phi) is 5.06. The molecule has 1 aromatic heterocycles. The summed E-state index contributed by atoms with van der Waals surface area (Å²) in [5.74, 6) is -0.105. The van der Waals surface area contributed by atoms with Gasteiger partial charge in [-0.3, -0.25) is 4.79 Å². The van der Waals surface area contributed by atoms with Crippen molar-refractivity contribution in [1.29, 1.82) is 0 Å². The minimum absolute atomic E-state index is 0.105. The van der Waals surface area contributed by atoms with Gasteiger partial charge in [0.2, 0.25) is 15.8 Å². The van der Waals surface area contributed by atoms with Gasteiger partial charge in [-0.2, -0.15) is 0 Å². The molecule has 0 fully saturated rings. The Morgan fingerprint density at radius 3 is 2.12 bits per heavy atom. The van der Waals surface area contributed by atoms with Crippen LogP contribution < -0.4 is 5.14 Å². The van der Waals surface area contributed by atoms with Gasteiger partial charge < -0.3 is 4.57 Å². The van der Waals surface area contributed by atoms with E-state index < -0.39 is 15.3 Å². The molecule has 0 amide bonds. The lowest BCUT2D eigenvalue weighted by molar-refractivity contribution is 0.103. The van der Waals surface area contributed by atoms with Crippen LogP contribution in [-0.2, 0) is 23.5 Å². The Bertz CT molecular complexity index is 1010. The quantitative estimate of drug-likeness (QED) is 0.679. The van der Waals surface area contributed by atoms with E-state index in [0.29, 0.717) is 16.8 Å². The molecule has 0 aliphatic carbocycles. The van der Waals surface area contributed by atoms with Crippen LogP contribution in [0.15, 0.2) is 72.8 Å². The topological polar surface area (TPSA) is 82.2 Å². The molecule has 0 saturated carbocycles. The van der Waals surface area contributed by atoms with E-state index in [4.69, 9.17) is 5.14 Å². The first-order valence-electron chi connectivity index (χ1n) is 8.19. The van der Waals surface area contributed by atoms with Gasteiger partial charge in [0.25, 0.3) is 0 Å². The van der Waals surface area contributed by atoms with E-state index in [9.17, 15) is 13.2 Å². The lowest BCUT2D eigenvalue weighted by Crippen LogP contribution is -2.24. The second-order valence-electron chi connectivity index (χ2n) is 6.16. The zero-order valence-corrected chi connectivity index (χ0v) is 15.2. The van der Waals surface area contributed by atoms with Gasteiger partial charge in [-0.1, -0.05) is 60.7 Å². The molecule has 0 spiro atoms. The fourth-order valence-electron chi connectivity index (χ4n) is 3.01. The summed E-state index contributed by atoms with van der Waals surface area (Å²) in [6, 6.07) is 21.3. The summed E-state index contributed by atoms with van der Waals surface area (Å²) in [5.41, 5.74) is 2.46. The van der Waals surface area contributed by atoms with E-state index in [-0.39, 0.29) is 12.2 Å². The van der Waals surface area contributed by atoms with Crippen molar-refractivity contribution in [2.24, 2.45) is 12.2 Å². The minimum atomic E-state index is -3.79. The predicted octanol–water partition coefficient (Wildman–Crippen LogP) is 2.83. The standard InChI is InChI=1S/C20H20N2O3S/c1-22-17(12-13-18(22)20(23)16-10-6-3-7-11-16)14-19(26(21,24)25)15-8-4-2-5-9-15/h2-13,19H,14H2,1H3,(H2,21,24,25). The van der Waals surface area contributed by atoms with Gasteiger partial charge >= 0.3 is 0 Å². The van der Waals surface area contributed by atoms with Gasteiger partial charge in [0.1, 0.15) is 5.25 Å². The Labute approximate surface area is 153 Å². The Hall–Kier alpha value is -2.70. The highest BCUT2D eigenvalue weighted by Crippen LogP contribution is 2.26. The van der Waals surface area contributed by atoms with Crippen LogP contribution in [0, 0.1) is 0 Å². The van der Waals surface area contributed by atoms with Crippen molar-refractivity contribution >= 4 is 15.8 Å². The molecule has 2 aromatic carbocycles. The van der Waals surface area contributed by atoms with E-state index in [1.165, 1.54) is 0 Å². The lowest BCUT2D eigenvalue weighted by atomic mass is 10.1. The number of hydrogen-bond donors (Lipinski definition) is 1. The third kappa shape index (κ3) is 3.76. The fourth-order valence-corrected chi connectivity index (χ4v) is 3.94. The van der Waals surface area contributed by atoms with Crippen molar-refractivity contribution in [3.8, 4) is 0 Å². The van der Waals surface area contributed by atoms with E-state index in [1.807, 2.05) is 24.3 Å². The van der Waals surface area contributed by atoms with Gasteiger partial charge in [0.05, 0.1) is 5.69 Å². The second-order valence-corrected chi connectivity index (χ2v) is 7.90. The van der Waals surface area contributed by atoms with Crippen molar-refractivity contribution in [1.82, 2.24) is 4.57 Å². The monoisotopic (exact) mass is 368 g/mol. The molecule has 0 aliphatic rings. The summed E-state index contributed by atoms with van der Waals surface area (Å²) < 4.78 is 26.0. The molecule has 0 aliphatic heterocycles. The maximum absolute atomic E-state index is 12.7. The molecular weight excluding hydrogens is 348 g/mol. The van der Waals surface area contributed by atoms with Crippen LogP contribution in [0.1, 0.15) is 32.6 Å². The summed E-state index contributed by atoms with van der Waals surface area (Å²) in [7, 11) is -2.03. The van der Waals surface area contributed by atoms with Crippen molar-refractivity contribution in [2.45, 2.75) is 11.7 Å². The van der Waals surface area contributed by atoms with Crippen LogP contribution in [0.4, 0.5) is 0 Å². The number of primary sulfonamides is 1. The summed E-state index contributed by atoms with van der Waals surface area (Å²) in [6.07, 6.45) is 0.196. The van der Waals surface area contributed by atoms with Crippen molar-refractivity contribution in [2.75, 3.05) is 0 Å². The molecule has 0 radical (unpaired) electrons. The van der Waals surface area contributed by atoms with E-state index in [2.05, 4.69) is 0 Å². The van der Waals surface area contributed by atoms with Crippen molar-refractivity contribution < 1.29 is 13.2 Å². The summed E-state index contributed by atoms with van der Waals surface area (Å²) >= 11 is 0. The smallest absolute Gasteiger partial charge is 0.216 e. The second kappa shape index (κ2) is 7.27. The molecular formula is C20H20N2O3S. The SMILES string of the molecule is Cn1c(CC(c2ccccc2)S(N)(=O)=O)ccc1C(=O)c1ccccc1. The number of benzene rings is 2. The highest BCUT2D eigenvalue weighted by Gasteiger charge is 2.26. The highest BCUT2D eigenvalue weighted by molar-refractivity contribution is 7.89. The number of rotatable bonds is 6. The van der Waals surface area contributed by atoms with Gasteiger partial charge in [0, 0.05) is 24.7 Å². The summed E-state index contributed by atoms with van der Waals surface area (Å²) in [5, 5.41) is 4.60. The lowest BCUT2D eigenvalue weighted by Gasteiger charge is -2.16. The minimum Gasteiger partial charge on any atom is -0.345 e. The molecule has 134 valence electrons. The molecule has 26 heavy (non-hydrogen) atoms. The third-order valence-electron chi connectivity index (χ3n) is 4.46. The predicted molar refractivity (Wildman–Crippen MR) is 101 cm³/mol. The van der Waals surface area contributed by atoms with E-state index in [0.717, 1.165) is 5.69 Å². The Morgan fingerprint density at radius 1 is 0.962 bits per heavy atom. The molecule has 1 unspecified atom stereocenters. The number of carbonyl (C=O) groups excluding carboxylic acids is 1. The average molecular weight is 368 g/mol. The molecule has 3 rings (SSSR count). The molecule has 1 atom stereocenters. The fraction of sp³-hybridized carbons (Fsp3) is 0.150. The van der Waals surface area contributed by atoms with Crippen molar-refractivity contribution in [3.05, 3.63) is 95.3 Å². The van der Waals surface area contributed by atoms with Crippen LogP contribution in [-0.4, -0.2) is 18.8 Å². The molecule has 0 bridgehead atoms. The number of hydrogen-bond acceptors (Lipinski definition) is 3. The summed E-state index contributed by atoms with van der Waals surface area (Å²) in [4.78, 5) is 12.7.